The van der Waals surface area contributed by atoms with Crippen LogP contribution in [0.1, 0.15) is 43.7 Å². The van der Waals surface area contributed by atoms with Crippen LogP contribution in [0, 0.1) is 13.8 Å². The van der Waals surface area contributed by atoms with E-state index in [1.54, 1.807) is 49.5 Å². The van der Waals surface area contributed by atoms with Crippen molar-refractivity contribution in [1.82, 2.24) is 9.97 Å². The number of esters is 1. The lowest BCUT2D eigenvalue weighted by molar-refractivity contribution is -0.132. The summed E-state index contributed by atoms with van der Waals surface area (Å²) in [5.41, 5.74) is 3.24. The van der Waals surface area contributed by atoms with Crippen molar-refractivity contribution in [1.29, 1.82) is 0 Å². The molecule has 4 aromatic rings. The minimum Gasteiger partial charge on any atom is -0.507 e. The molecule has 9 nitrogen and oxygen atoms in total. The van der Waals surface area contributed by atoms with Gasteiger partial charge in [-0.2, -0.15) is 0 Å². The second kappa shape index (κ2) is 11.1. The van der Waals surface area contributed by atoms with Crippen molar-refractivity contribution in [2.45, 2.75) is 26.5 Å². The smallest absolute Gasteiger partial charge is 0.350 e. The number of carbonyl (C=O) groups is 3. The fourth-order valence-corrected chi connectivity index (χ4v) is 5.50. The number of hydrogen-bond donors (Lipinski definition) is 1. The average Bonchev–Trinajstić information content (AvgIpc) is 3.48. The predicted molar refractivity (Wildman–Crippen MR) is 149 cm³/mol. The first-order valence-electron chi connectivity index (χ1n) is 12.3. The van der Waals surface area contributed by atoms with Gasteiger partial charge in [0, 0.05) is 18.0 Å². The third kappa shape index (κ3) is 5.08. The predicted octanol–water partition coefficient (Wildman–Crippen LogP) is 5.15. The standard InChI is InChI=1S/C30H25N3O6S/c1-17-6-4-7-19(14-17)16-39-22-11-9-20(10-12-22)25(34)23-24(21-8-5-13-31-15-21)33(28(36)26(23)35)30-32-18(2)27(40-30)29(37)38-3/h4-15,24,34H,16H2,1-3H3/b25-23+. The Labute approximate surface area is 234 Å². The number of anilines is 1. The quantitative estimate of drug-likeness (QED) is 0.144. The molecule has 1 aliphatic heterocycles. The number of aromatic nitrogens is 2. The maximum absolute atomic E-state index is 13.4. The number of rotatable bonds is 7. The summed E-state index contributed by atoms with van der Waals surface area (Å²) in [5.74, 6) is -2.12. The summed E-state index contributed by atoms with van der Waals surface area (Å²) in [4.78, 5) is 48.8. The van der Waals surface area contributed by atoms with E-state index in [4.69, 9.17) is 9.47 Å². The number of nitrogens with zero attached hydrogens (tertiary/aromatic N) is 3. The van der Waals surface area contributed by atoms with Crippen LogP contribution in [-0.2, 0) is 20.9 Å². The number of thiazole rings is 1. The minimum absolute atomic E-state index is 0.112. The van der Waals surface area contributed by atoms with Crippen LogP contribution in [0.5, 0.6) is 5.75 Å². The van der Waals surface area contributed by atoms with E-state index < -0.39 is 23.7 Å². The van der Waals surface area contributed by atoms with Crippen LogP contribution in [-0.4, -0.2) is 39.8 Å². The number of carbonyl (C=O) groups excluding carboxylic acids is 3. The monoisotopic (exact) mass is 555 g/mol. The van der Waals surface area contributed by atoms with Gasteiger partial charge in [-0.15, -0.1) is 0 Å². The fraction of sp³-hybridized carbons (Fsp3) is 0.167. The summed E-state index contributed by atoms with van der Waals surface area (Å²) in [6.45, 7) is 4.00. The Morgan fingerprint density at radius 2 is 1.85 bits per heavy atom. The number of aliphatic hydroxyl groups is 1. The van der Waals surface area contributed by atoms with E-state index in [0.29, 0.717) is 29.2 Å². The Kier molecular flexibility index (Phi) is 7.43. The molecule has 0 bridgehead atoms. The maximum atomic E-state index is 13.4. The van der Waals surface area contributed by atoms with Crippen LogP contribution >= 0.6 is 11.3 Å². The zero-order valence-corrected chi connectivity index (χ0v) is 22.8. The molecule has 202 valence electrons. The second-order valence-corrected chi connectivity index (χ2v) is 10.1. The lowest BCUT2D eigenvalue weighted by Gasteiger charge is -2.22. The van der Waals surface area contributed by atoms with Crippen molar-refractivity contribution in [3.8, 4) is 5.75 Å². The van der Waals surface area contributed by atoms with E-state index in [-0.39, 0.29) is 21.3 Å². The van der Waals surface area contributed by atoms with Gasteiger partial charge in [-0.25, -0.2) is 9.78 Å². The zero-order chi connectivity index (χ0) is 28.4. The first-order chi connectivity index (χ1) is 19.3. The van der Waals surface area contributed by atoms with Crippen LogP contribution < -0.4 is 9.64 Å². The SMILES string of the molecule is COC(=O)c1sc(N2C(=O)C(=O)/C(=C(/O)c3ccc(OCc4cccc(C)c4)cc3)C2c2cccnc2)nc1C. The summed E-state index contributed by atoms with van der Waals surface area (Å²) >= 11 is 0.936. The van der Waals surface area contributed by atoms with Gasteiger partial charge in [0.1, 0.15) is 23.0 Å². The van der Waals surface area contributed by atoms with E-state index in [9.17, 15) is 19.5 Å². The molecule has 0 radical (unpaired) electrons. The minimum atomic E-state index is -1.01. The fourth-order valence-electron chi connectivity index (χ4n) is 4.48. The number of methoxy groups -OCH3 is 1. The molecule has 1 N–H and O–H groups in total. The van der Waals surface area contributed by atoms with Gasteiger partial charge in [0.15, 0.2) is 5.13 Å². The van der Waals surface area contributed by atoms with Crippen LogP contribution in [0.3, 0.4) is 0 Å². The normalized spacial score (nSPS) is 16.3. The second-order valence-electron chi connectivity index (χ2n) is 9.16. The van der Waals surface area contributed by atoms with E-state index in [1.807, 2.05) is 31.2 Å². The van der Waals surface area contributed by atoms with Gasteiger partial charge >= 0.3 is 11.9 Å². The van der Waals surface area contributed by atoms with Crippen molar-refractivity contribution < 1.29 is 29.0 Å². The first-order valence-corrected chi connectivity index (χ1v) is 13.2. The number of amides is 1. The van der Waals surface area contributed by atoms with E-state index in [1.165, 1.54) is 18.2 Å². The van der Waals surface area contributed by atoms with Gasteiger partial charge in [-0.1, -0.05) is 47.2 Å². The first kappa shape index (κ1) is 26.8. The number of hydrogen-bond acceptors (Lipinski definition) is 9. The average molecular weight is 556 g/mol. The molecule has 3 heterocycles. The van der Waals surface area contributed by atoms with Gasteiger partial charge < -0.3 is 14.6 Å². The van der Waals surface area contributed by atoms with E-state index >= 15 is 0 Å². The molecule has 1 atom stereocenters. The maximum Gasteiger partial charge on any atom is 0.350 e. The van der Waals surface area contributed by atoms with E-state index in [0.717, 1.165) is 22.5 Å². The molecular weight excluding hydrogens is 530 g/mol. The van der Waals surface area contributed by atoms with Gasteiger partial charge in [0.05, 0.1) is 24.4 Å². The number of pyridine rings is 1. The highest BCUT2D eigenvalue weighted by Gasteiger charge is 2.48. The Hall–Kier alpha value is -4.83. The Bertz CT molecular complexity index is 1630. The lowest BCUT2D eigenvalue weighted by Crippen LogP contribution is -2.29. The summed E-state index contributed by atoms with van der Waals surface area (Å²) in [7, 11) is 1.25. The molecule has 0 saturated carbocycles. The molecule has 1 amide bonds. The molecule has 1 fully saturated rings. The highest BCUT2D eigenvalue weighted by molar-refractivity contribution is 7.17. The van der Waals surface area contributed by atoms with Crippen molar-refractivity contribution in [3.05, 3.63) is 111 Å². The molecule has 1 unspecified atom stereocenters. The Morgan fingerprint density at radius 1 is 1.07 bits per heavy atom. The van der Waals surface area contributed by atoms with Crippen LogP contribution in [0.15, 0.2) is 78.6 Å². The molecular formula is C30H25N3O6S. The molecule has 0 spiro atoms. The summed E-state index contributed by atoms with van der Waals surface area (Å²) in [6.07, 6.45) is 3.08. The topological polar surface area (TPSA) is 119 Å². The summed E-state index contributed by atoms with van der Waals surface area (Å²) < 4.78 is 10.7. The molecule has 2 aromatic carbocycles. The van der Waals surface area contributed by atoms with Gasteiger partial charge in [0.2, 0.25) is 0 Å². The number of ether oxygens (including phenoxy) is 2. The largest absolute Gasteiger partial charge is 0.507 e. The summed E-state index contributed by atoms with van der Waals surface area (Å²) in [5, 5.41) is 11.5. The summed E-state index contributed by atoms with van der Waals surface area (Å²) in [6, 6.07) is 17.0. The molecule has 0 aliphatic carbocycles. The molecule has 1 aliphatic rings. The number of Topliss-reactive ketones (excluding diaryl/α,β-unsaturated/α-hetero) is 1. The van der Waals surface area contributed by atoms with Crippen LogP contribution in [0.4, 0.5) is 5.13 Å². The van der Waals surface area contributed by atoms with Gasteiger partial charge in [0.25, 0.3) is 5.78 Å². The Balaban J connectivity index is 1.51. The molecule has 5 rings (SSSR count). The number of ketones is 1. The molecule has 40 heavy (non-hydrogen) atoms. The third-order valence-corrected chi connectivity index (χ3v) is 7.56. The highest BCUT2D eigenvalue weighted by atomic mass is 32.1. The third-order valence-electron chi connectivity index (χ3n) is 6.42. The van der Waals surface area contributed by atoms with Crippen LogP contribution in [0.25, 0.3) is 5.76 Å². The molecule has 2 aromatic heterocycles. The number of aliphatic hydroxyl groups excluding tert-OH is 1. The Morgan fingerprint density at radius 3 is 2.52 bits per heavy atom. The molecule has 1 saturated heterocycles. The zero-order valence-electron chi connectivity index (χ0n) is 22.0. The van der Waals surface area contributed by atoms with Crippen molar-refractivity contribution in [3.63, 3.8) is 0 Å². The lowest BCUT2D eigenvalue weighted by atomic mass is 9.96. The molecule has 10 heteroatoms. The van der Waals surface area contributed by atoms with Gasteiger partial charge in [-0.3, -0.25) is 19.5 Å². The van der Waals surface area contributed by atoms with Gasteiger partial charge in [-0.05, 0) is 55.3 Å². The number of aryl methyl sites for hydroxylation is 2. The van der Waals surface area contributed by atoms with E-state index in [2.05, 4.69) is 9.97 Å². The van der Waals surface area contributed by atoms with Crippen molar-refractivity contribution >= 4 is 39.9 Å². The van der Waals surface area contributed by atoms with Crippen LogP contribution in [0.2, 0.25) is 0 Å². The number of benzene rings is 2. The van der Waals surface area contributed by atoms with Crippen molar-refractivity contribution in [2.24, 2.45) is 0 Å². The van der Waals surface area contributed by atoms with Crippen molar-refractivity contribution in [2.75, 3.05) is 12.0 Å². The highest BCUT2D eigenvalue weighted by Crippen LogP contribution is 2.43.